The number of benzene rings is 2. The molecule has 6 rings (SSSR count). The van der Waals surface area contributed by atoms with Crippen LogP contribution in [0, 0.1) is 0 Å². The van der Waals surface area contributed by atoms with Gasteiger partial charge in [-0.3, -0.25) is 14.2 Å². The number of aliphatic hydroxyl groups is 1. The lowest BCUT2D eigenvalue weighted by atomic mass is 9.91. The van der Waals surface area contributed by atoms with Crippen LogP contribution < -0.4 is 10.2 Å². The molecule has 0 unspecified atom stereocenters. The van der Waals surface area contributed by atoms with Crippen LogP contribution in [-0.2, 0) is 31.6 Å². The molecule has 12 nitrogen and oxygen atoms in total. The summed E-state index contributed by atoms with van der Waals surface area (Å²) in [5, 5.41) is 12.8. The second-order valence-corrected chi connectivity index (χ2v) is 15.3. The van der Waals surface area contributed by atoms with E-state index in [2.05, 4.69) is 20.3 Å². The first-order chi connectivity index (χ1) is 22.2. The largest absolute Gasteiger partial charge is 0.394 e. The molecule has 2 aromatic carbocycles. The molecule has 0 spiro atoms. The summed E-state index contributed by atoms with van der Waals surface area (Å²) in [6.45, 7) is 4.75. The molecule has 15 heteroatoms. The van der Waals surface area contributed by atoms with Gasteiger partial charge in [0.15, 0.2) is 5.03 Å². The van der Waals surface area contributed by atoms with Gasteiger partial charge in [0, 0.05) is 41.0 Å². The molecule has 0 bridgehead atoms. The van der Waals surface area contributed by atoms with Crippen LogP contribution in [0.2, 0.25) is 10.0 Å². The number of anilines is 2. The minimum atomic E-state index is -4.36. The molecule has 246 valence electrons. The molecule has 1 saturated heterocycles. The number of rotatable bonds is 9. The van der Waals surface area contributed by atoms with Crippen LogP contribution in [-0.4, -0.2) is 73.9 Å². The number of hydrogen-bond donors (Lipinski definition) is 2. The highest BCUT2D eigenvalue weighted by atomic mass is 35.5. The maximum atomic E-state index is 14.5. The first-order valence-corrected chi connectivity index (χ1v) is 17.1. The van der Waals surface area contributed by atoms with Crippen LogP contribution in [0.4, 0.5) is 11.6 Å². The van der Waals surface area contributed by atoms with Crippen molar-refractivity contribution in [3.63, 3.8) is 0 Å². The van der Waals surface area contributed by atoms with Gasteiger partial charge in [-0.05, 0) is 62.9 Å². The Labute approximate surface area is 282 Å². The van der Waals surface area contributed by atoms with Gasteiger partial charge >= 0.3 is 0 Å². The Morgan fingerprint density at radius 1 is 1.06 bits per heavy atom. The smallest absolute Gasteiger partial charge is 0.261 e. The average Bonchev–Trinajstić information content (AvgIpc) is 3.75. The maximum absolute atomic E-state index is 14.5. The molecule has 2 N–H and O–H groups in total. The van der Waals surface area contributed by atoms with Crippen molar-refractivity contribution in [2.45, 2.75) is 62.2 Å². The highest BCUT2D eigenvalue weighted by molar-refractivity contribution is 7.89. The lowest BCUT2D eigenvalue weighted by Gasteiger charge is -2.30. The van der Waals surface area contributed by atoms with E-state index in [0.717, 1.165) is 21.0 Å². The van der Waals surface area contributed by atoms with Crippen LogP contribution in [0.1, 0.15) is 39.2 Å². The van der Waals surface area contributed by atoms with Crippen molar-refractivity contribution < 1.29 is 23.1 Å². The minimum Gasteiger partial charge on any atom is -0.394 e. The van der Waals surface area contributed by atoms with Crippen LogP contribution in [0.25, 0.3) is 11.1 Å². The van der Waals surface area contributed by atoms with Crippen molar-refractivity contribution in [3.05, 3.63) is 83.0 Å². The van der Waals surface area contributed by atoms with Crippen LogP contribution in [0.15, 0.2) is 72.4 Å². The second kappa shape index (κ2) is 12.3. The van der Waals surface area contributed by atoms with E-state index >= 15 is 0 Å². The molecule has 4 aromatic rings. The van der Waals surface area contributed by atoms with E-state index < -0.39 is 39.0 Å². The van der Waals surface area contributed by atoms with Gasteiger partial charge < -0.3 is 10.4 Å². The SMILES string of the molecule is CC(C)(CO)NC(=O)[C@@H]1CCCN1S(=O)(=O)c1cnc2n1[C@](C)(Cc1ccc(-c3cncnc3)cc1)C(=O)N2c1cc(Cl)cc(Cl)c1. The van der Waals surface area contributed by atoms with Crippen molar-refractivity contribution in [3.8, 4) is 11.1 Å². The molecule has 1 fully saturated rings. The van der Waals surface area contributed by atoms with Gasteiger partial charge in [-0.2, -0.15) is 4.31 Å². The van der Waals surface area contributed by atoms with Gasteiger partial charge in [-0.25, -0.2) is 28.3 Å². The number of aromatic nitrogens is 4. The Bertz CT molecular complexity index is 1930. The fourth-order valence-corrected chi connectivity index (χ4v) is 8.50. The number of carbonyl (C=O) groups excluding carboxylic acids is 2. The van der Waals surface area contributed by atoms with Gasteiger partial charge in [0.25, 0.3) is 15.9 Å². The number of amides is 2. The molecule has 2 aliphatic rings. The molecule has 47 heavy (non-hydrogen) atoms. The number of fused-ring (bicyclic) bond motifs is 1. The molecule has 0 saturated carbocycles. The van der Waals surface area contributed by atoms with E-state index in [1.54, 1.807) is 45.3 Å². The van der Waals surface area contributed by atoms with Gasteiger partial charge in [0.1, 0.15) is 17.9 Å². The molecular weight excluding hydrogens is 665 g/mol. The molecular formula is C32H33Cl2N7O5S. The summed E-state index contributed by atoms with van der Waals surface area (Å²) in [7, 11) is -4.36. The average molecular weight is 699 g/mol. The molecule has 2 aliphatic heterocycles. The van der Waals surface area contributed by atoms with Gasteiger partial charge in [0.2, 0.25) is 11.9 Å². The fourth-order valence-electron chi connectivity index (χ4n) is 6.14. The summed E-state index contributed by atoms with van der Waals surface area (Å²) in [6, 6.07) is 11.2. The van der Waals surface area contributed by atoms with Gasteiger partial charge in [-0.1, -0.05) is 47.5 Å². The summed E-state index contributed by atoms with van der Waals surface area (Å²) in [6.07, 6.45) is 6.94. The standard InChI is InChI=1S/C32H33Cl2N7O5S/c1-31(2,18-42)38-28(43)26-5-4-10-39(26)47(45,46)27-17-37-30-40(25-12-23(33)11-24(34)13-25)29(44)32(3,41(27)30)14-20-6-8-21(9-7-20)22-15-35-19-36-16-22/h6-9,11-13,15-17,19,26,42H,4-5,10,14,18H2,1-3H3,(H,38,43)/t26-,32+/m0/s1. The van der Waals surface area contributed by atoms with Crippen molar-refractivity contribution in [2.24, 2.45) is 0 Å². The summed E-state index contributed by atoms with van der Waals surface area (Å²) < 4.78 is 31.5. The third-order valence-corrected chi connectivity index (χ3v) is 10.8. The number of halogens is 2. The topological polar surface area (TPSA) is 151 Å². The Kier molecular flexibility index (Phi) is 8.64. The number of nitrogens with zero attached hydrogens (tertiary/aromatic N) is 6. The second-order valence-electron chi connectivity index (χ2n) is 12.6. The summed E-state index contributed by atoms with van der Waals surface area (Å²) in [5.41, 5.74) is 0.386. The van der Waals surface area contributed by atoms with Gasteiger partial charge in [-0.15, -0.1) is 0 Å². The third-order valence-electron chi connectivity index (χ3n) is 8.51. The summed E-state index contributed by atoms with van der Waals surface area (Å²) >= 11 is 12.6. The van der Waals surface area contributed by atoms with Crippen LogP contribution >= 0.6 is 23.2 Å². The number of aliphatic hydroxyl groups excluding tert-OH is 1. The number of nitrogens with one attached hydrogen (secondary N) is 1. The Balaban J connectivity index is 1.43. The molecule has 2 amide bonds. The molecule has 4 heterocycles. The van der Waals surface area contributed by atoms with Crippen molar-refractivity contribution in [1.29, 1.82) is 0 Å². The lowest BCUT2D eigenvalue weighted by Crippen LogP contribution is -2.54. The predicted molar refractivity (Wildman–Crippen MR) is 177 cm³/mol. The lowest BCUT2D eigenvalue weighted by molar-refractivity contribution is -0.126. The van der Waals surface area contributed by atoms with E-state index in [1.807, 2.05) is 24.3 Å². The number of carbonyl (C=O) groups is 2. The zero-order valence-electron chi connectivity index (χ0n) is 25.9. The van der Waals surface area contributed by atoms with Crippen LogP contribution in [0.3, 0.4) is 0 Å². The first-order valence-electron chi connectivity index (χ1n) is 14.9. The normalized spacial score (nSPS) is 20.1. The molecule has 2 atom stereocenters. The van der Waals surface area contributed by atoms with Crippen molar-refractivity contribution in [2.75, 3.05) is 18.1 Å². The van der Waals surface area contributed by atoms with Crippen molar-refractivity contribution >= 4 is 56.7 Å². The monoisotopic (exact) mass is 697 g/mol. The Morgan fingerprint density at radius 2 is 1.72 bits per heavy atom. The highest BCUT2D eigenvalue weighted by Crippen LogP contribution is 2.45. The Hall–Kier alpha value is -3.88. The first kappa shape index (κ1) is 33.0. The zero-order chi connectivity index (χ0) is 33.7. The summed E-state index contributed by atoms with van der Waals surface area (Å²) in [5.74, 6) is -0.866. The summed E-state index contributed by atoms with van der Waals surface area (Å²) in [4.78, 5) is 41.7. The molecule has 2 aromatic heterocycles. The predicted octanol–water partition coefficient (Wildman–Crippen LogP) is 4.32. The fraction of sp³-hybridized carbons (Fsp3) is 0.344. The van der Waals surface area contributed by atoms with Crippen molar-refractivity contribution in [1.82, 2.24) is 29.1 Å². The quantitative estimate of drug-likeness (QED) is 0.263. The minimum absolute atomic E-state index is 0.0778. The van der Waals surface area contributed by atoms with E-state index in [-0.39, 0.29) is 40.6 Å². The maximum Gasteiger partial charge on any atom is 0.261 e. The van der Waals surface area contributed by atoms with E-state index in [1.165, 1.54) is 28.1 Å². The van der Waals surface area contributed by atoms with Crippen LogP contribution in [0.5, 0.6) is 0 Å². The number of hydrogen-bond acceptors (Lipinski definition) is 8. The number of sulfonamides is 1. The van der Waals surface area contributed by atoms with E-state index in [9.17, 15) is 23.1 Å². The molecule has 0 aliphatic carbocycles. The zero-order valence-corrected chi connectivity index (χ0v) is 28.2. The van der Waals surface area contributed by atoms with Gasteiger partial charge in [0.05, 0.1) is 24.0 Å². The highest BCUT2D eigenvalue weighted by Gasteiger charge is 2.53. The van der Waals surface area contributed by atoms with E-state index in [0.29, 0.717) is 18.5 Å². The van der Waals surface area contributed by atoms with E-state index in [4.69, 9.17) is 23.2 Å². The third kappa shape index (κ3) is 6.02. The number of imidazole rings is 1. The Morgan fingerprint density at radius 3 is 2.36 bits per heavy atom. The molecule has 0 radical (unpaired) electrons.